The molecule has 0 unspecified atom stereocenters. The molecule has 0 aromatic heterocycles. The fourth-order valence-corrected chi connectivity index (χ4v) is 3.03. The molecule has 98 valence electrons. The number of carbonyl (C=O) groups is 1. The average Bonchev–Trinajstić information content (AvgIpc) is 2.39. The number of rotatable bonds is 2. The first-order valence-electron chi connectivity index (χ1n) is 6.86. The zero-order valence-electron chi connectivity index (χ0n) is 10.7. The molecule has 0 aromatic carbocycles. The van der Waals surface area contributed by atoms with E-state index in [9.17, 15) is 9.90 Å². The number of carbonyl (C=O) groups excluding carboxylic acids is 1. The van der Waals surface area contributed by atoms with E-state index in [2.05, 4.69) is 12.2 Å². The topological polar surface area (TPSA) is 52.6 Å². The van der Waals surface area contributed by atoms with Crippen molar-refractivity contribution in [3.05, 3.63) is 0 Å². The summed E-state index contributed by atoms with van der Waals surface area (Å²) >= 11 is 0. The molecule has 2 saturated heterocycles. The summed E-state index contributed by atoms with van der Waals surface area (Å²) in [5, 5.41) is 12.8. The van der Waals surface area contributed by atoms with E-state index in [-0.39, 0.29) is 11.5 Å². The van der Waals surface area contributed by atoms with Crippen LogP contribution in [0.4, 0.5) is 0 Å². The van der Waals surface area contributed by atoms with E-state index in [0.29, 0.717) is 5.91 Å². The van der Waals surface area contributed by atoms with Crippen LogP contribution in [-0.2, 0) is 4.79 Å². The van der Waals surface area contributed by atoms with Gasteiger partial charge in [0.2, 0.25) is 5.91 Å². The highest BCUT2D eigenvalue weighted by Gasteiger charge is 2.41. The van der Waals surface area contributed by atoms with Crippen LogP contribution in [0.3, 0.4) is 0 Å². The van der Waals surface area contributed by atoms with E-state index in [4.69, 9.17) is 0 Å². The van der Waals surface area contributed by atoms with Gasteiger partial charge < -0.3 is 15.3 Å². The highest BCUT2D eigenvalue weighted by atomic mass is 16.3. The normalized spacial score (nSPS) is 25.9. The zero-order valence-corrected chi connectivity index (χ0v) is 10.7. The molecular weight excluding hydrogens is 216 g/mol. The van der Waals surface area contributed by atoms with Crippen molar-refractivity contribution in [2.24, 2.45) is 5.41 Å². The summed E-state index contributed by atoms with van der Waals surface area (Å²) < 4.78 is 0. The van der Waals surface area contributed by atoms with E-state index in [1.165, 1.54) is 0 Å². The van der Waals surface area contributed by atoms with Crippen LogP contribution in [0.15, 0.2) is 0 Å². The highest BCUT2D eigenvalue weighted by molar-refractivity contribution is 5.83. The molecule has 0 atom stereocenters. The van der Waals surface area contributed by atoms with Crippen molar-refractivity contribution in [2.75, 3.05) is 26.2 Å². The standard InChI is InChI=1S/C13H24N2O2/c1-2-13(5-7-14-8-6-13)12(17)15-9-3-11(16)4-10-15/h11,14,16H,2-10H2,1H3. The van der Waals surface area contributed by atoms with Crippen molar-refractivity contribution in [3.63, 3.8) is 0 Å². The first-order chi connectivity index (χ1) is 8.18. The van der Waals surface area contributed by atoms with Crippen molar-refractivity contribution in [3.8, 4) is 0 Å². The summed E-state index contributed by atoms with van der Waals surface area (Å²) in [5.41, 5.74) is -0.131. The second-order valence-corrected chi connectivity index (χ2v) is 5.41. The molecule has 0 saturated carbocycles. The van der Waals surface area contributed by atoms with E-state index in [1.807, 2.05) is 4.90 Å². The van der Waals surface area contributed by atoms with Gasteiger partial charge in [0.1, 0.15) is 0 Å². The summed E-state index contributed by atoms with van der Waals surface area (Å²) in [6.07, 6.45) is 4.13. The van der Waals surface area contributed by atoms with Crippen LogP contribution in [0.25, 0.3) is 0 Å². The third-order valence-corrected chi connectivity index (χ3v) is 4.44. The Bertz CT molecular complexity index is 267. The minimum atomic E-state index is -0.204. The van der Waals surface area contributed by atoms with Gasteiger partial charge in [-0.2, -0.15) is 0 Å². The maximum Gasteiger partial charge on any atom is 0.228 e. The number of aliphatic hydroxyl groups excluding tert-OH is 1. The lowest BCUT2D eigenvalue weighted by atomic mass is 9.75. The number of nitrogens with one attached hydrogen (secondary N) is 1. The lowest BCUT2D eigenvalue weighted by molar-refractivity contribution is -0.146. The van der Waals surface area contributed by atoms with Crippen LogP contribution in [-0.4, -0.2) is 48.2 Å². The molecule has 2 aliphatic heterocycles. The van der Waals surface area contributed by atoms with E-state index in [0.717, 1.165) is 58.3 Å². The molecule has 0 spiro atoms. The molecule has 0 aliphatic carbocycles. The summed E-state index contributed by atoms with van der Waals surface area (Å²) in [4.78, 5) is 14.6. The second-order valence-electron chi connectivity index (χ2n) is 5.41. The Morgan fingerprint density at radius 2 is 1.94 bits per heavy atom. The van der Waals surface area contributed by atoms with Crippen LogP contribution < -0.4 is 5.32 Å². The van der Waals surface area contributed by atoms with Crippen molar-refractivity contribution in [1.29, 1.82) is 0 Å². The van der Waals surface area contributed by atoms with E-state index >= 15 is 0 Å². The number of hydrogen-bond donors (Lipinski definition) is 2. The number of amides is 1. The summed E-state index contributed by atoms with van der Waals surface area (Å²) in [5.74, 6) is 0.327. The Labute approximate surface area is 103 Å². The number of likely N-dealkylation sites (tertiary alicyclic amines) is 1. The predicted octanol–water partition coefficient (Wildman–Crippen LogP) is 0.749. The van der Waals surface area contributed by atoms with Gasteiger partial charge in [0.25, 0.3) is 0 Å². The van der Waals surface area contributed by atoms with Gasteiger partial charge in [0.15, 0.2) is 0 Å². The van der Waals surface area contributed by atoms with Crippen LogP contribution >= 0.6 is 0 Å². The Kier molecular flexibility index (Phi) is 4.05. The SMILES string of the molecule is CCC1(C(=O)N2CCC(O)CC2)CCNCC1. The fraction of sp³-hybridized carbons (Fsp3) is 0.923. The van der Waals surface area contributed by atoms with Gasteiger partial charge in [-0.15, -0.1) is 0 Å². The summed E-state index contributed by atoms with van der Waals surface area (Å²) in [6.45, 7) is 5.50. The monoisotopic (exact) mass is 240 g/mol. The van der Waals surface area contributed by atoms with Gasteiger partial charge in [-0.1, -0.05) is 6.92 Å². The summed E-state index contributed by atoms with van der Waals surface area (Å²) in [6, 6.07) is 0. The number of nitrogens with zero attached hydrogens (tertiary/aromatic N) is 1. The van der Waals surface area contributed by atoms with Crippen molar-refractivity contribution >= 4 is 5.91 Å². The second kappa shape index (κ2) is 5.36. The zero-order chi connectivity index (χ0) is 12.3. The maximum atomic E-state index is 12.6. The Morgan fingerprint density at radius 3 is 2.47 bits per heavy atom. The van der Waals surface area contributed by atoms with Gasteiger partial charge >= 0.3 is 0 Å². The van der Waals surface area contributed by atoms with Crippen LogP contribution in [0.5, 0.6) is 0 Å². The third kappa shape index (κ3) is 2.63. The molecule has 2 heterocycles. The number of hydrogen-bond acceptors (Lipinski definition) is 3. The lowest BCUT2D eigenvalue weighted by Gasteiger charge is -2.41. The molecule has 4 nitrogen and oxygen atoms in total. The maximum absolute atomic E-state index is 12.6. The molecule has 2 aliphatic rings. The molecule has 2 N–H and O–H groups in total. The Hall–Kier alpha value is -0.610. The minimum absolute atomic E-state index is 0.131. The van der Waals surface area contributed by atoms with Crippen LogP contribution in [0.2, 0.25) is 0 Å². The molecule has 4 heteroatoms. The minimum Gasteiger partial charge on any atom is -0.393 e. The molecule has 0 radical (unpaired) electrons. The van der Waals surface area contributed by atoms with Crippen molar-refractivity contribution in [2.45, 2.75) is 45.1 Å². The fourth-order valence-electron chi connectivity index (χ4n) is 3.03. The van der Waals surface area contributed by atoms with E-state index < -0.39 is 0 Å². The van der Waals surface area contributed by atoms with Gasteiger partial charge in [-0.05, 0) is 45.2 Å². The van der Waals surface area contributed by atoms with Gasteiger partial charge in [0.05, 0.1) is 11.5 Å². The van der Waals surface area contributed by atoms with Crippen molar-refractivity contribution in [1.82, 2.24) is 10.2 Å². The van der Waals surface area contributed by atoms with Crippen molar-refractivity contribution < 1.29 is 9.90 Å². The highest BCUT2D eigenvalue weighted by Crippen LogP contribution is 2.35. The quantitative estimate of drug-likeness (QED) is 0.749. The summed E-state index contributed by atoms with van der Waals surface area (Å²) in [7, 11) is 0. The number of aliphatic hydroxyl groups is 1. The molecule has 17 heavy (non-hydrogen) atoms. The predicted molar refractivity (Wildman–Crippen MR) is 66.6 cm³/mol. The molecule has 1 amide bonds. The third-order valence-electron chi connectivity index (χ3n) is 4.44. The molecule has 2 fully saturated rings. The van der Waals surface area contributed by atoms with Gasteiger partial charge in [0, 0.05) is 13.1 Å². The van der Waals surface area contributed by atoms with Crippen LogP contribution in [0.1, 0.15) is 39.0 Å². The molecule has 2 rings (SSSR count). The Balaban J connectivity index is 2.01. The van der Waals surface area contributed by atoms with E-state index in [1.54, 1.807) is 0 Å². The van der Waals surface area contributed by atoms with Gasteiger partial charge in [-0.3, -0.25) is 4.79 Å². The van der Waals surface area contributed by atoms with Crippen LogP contribution in [0, 0.1) is 5.41 Å². The lowest BCUT2D eigenvalue weighted by Crippen LogP contribution is -2.51. The Morgan fingerprint density at radius 1 is 1.35 bits per heavy atom. The molecular formula is C13H24N2O2. The largest absolute Gasteiger partial charge is 0.393 e. The average molecular weight is 240 g/mol. The first kappa shape index (κ1) is 12.8. The molecule has 0 aromatic rings. The van der Waals surface area contributed by atoms with Gasteiger partial charge in [-0.25, -0.2) is 0 Å². The molecule has 0 bridgehead atoms. The number of piperidine rings is 2. The first-order valence-corrected chi connectivity index (χ1v) is 6.86. The smallest absolute Gasteiger partial charge is 0.228 e.